The zero-order valence-corrected chi connectivity index (χ0v) is 32.0. The molecule has 0 aliphatic heterocycles. The van der Waals surface area contributed by atoms with Gasteiger partial charge in [0.25, 0.3) is 0 Å². The van der Waals surface area contributed by atoms with E-state index >= 15 is 0 Å². The summed E-state index contributed by atoms with van der Waals surface area (Å²) in [6.45, 7) is 0. The topological polar surface area (TPSA) is 3.24 Å². The van der Waals surface area contributed by atoms with Crippen molar-refractivity contribution in [1.82, 2.24) is 0 Å². The maximum absolute atomic E-state index is 2.51. The normalized spacial score (nSPS) is 12.6. The molecule has 0 bridgehead atoms. The van der Waals surface area contributed by atoms with Gasteiger partial charge in [-0.15, -0.1) is 0 Å². The molecule has 1 aliphatic carbocycles. The lowest BCUT2D eigenvalue weighted by Gasteiger charge is -2.35. The Morgan fingerprint density at radius 1 is 0.310 bits per heavy atom. The standard InChI is InChI=1S/C57H39N/c1-4-19-41(20-5-1)47-32-16-23-42-24-17-33-51(56(42)47)50-31-13-15-35-55(50)58(54-36-18-22-40-21-10-11-29-46(40)54)45-37-38-49-48-30-12-14-34-52(48)57(53(49)39-45,43-25-6-2-7-26-43)44-27-8-3-9-28-44/h1-39H. The Labute approximate surface area is 339 Å². The maximum Gasteiger partial charge on any atom is 0.0714 e. The number of hydrogen-bond acceptors (Lipinski definition) is 1. The second kappa shape index (κ2) is 13.9. The average molecular weight is 738 g/mol. The molecule has 0 saturated heterocycles. The van der Waals surface area contributed by atoms with E-state index in [-0.39, 0.29) is 0 Å². The van der Waals surface area contributed by atoms with Crippen LogP contribution >= 0.6 is 0 Å². The molecule has 0 atom stereocenters. The Morgan fingerprint density at radius 2 is 0.828 bits per heavy atom. The van der Waals surface area contributed by atoms with Crippen LogP contribution in [0.2, 0.25) is 0 Å². The van der Waals surface area contributed by atoms with E-state index in [4.69, 9.17) is 0 Å². The van der Waals surface area contributed by atoms with Crippen LogP contribution in [0.4, 0.5) is 17.1 Å². The van der Waals surface area contributed by atoms with E-state index in [2.05, 4.69) is 241 Å². The first-order valence-corrected chi connectivity index (χ1v) is 20.1. The predicted octanol–water partition coefficient (Wildman–Crippen LogP) is 15.2. The van der Waals surface area contributed by atoms with Gasteiger partial charge in [-0.1, -0.05) is 212 Å². The number of para-hydroxylation sites is 1. The summed E-state index contributed by atoms with van der Waals surface area (Å²) in [5, 5.41) is 4.87. The summed E-state index contributed by atoms with van der Waals surface area (Å²) in [5.41, 5.74) is 15.3. The quantitative estimate of drug-likeness (QED) is 0.157. The Morgan fingerprint density at radius 3 is 1.59 bits per heavy atom. The first-order valence-electron chi connectivity index (χ1n) is 20.1. The van der Waals surface area contributed by atoms with Crippen molar-refractivity contribution in [2.24, 2.45) is 0 Å². The van der Waals surface area contributed by atoms with Crippen LogP contribution in [-0.4, -0.2) is 0 Å². The Hall–Kier alpha value is -7.48. The summed E-state index contributed by atoms with van der Waals surface area (Å²) < 4.78 is 0. The van der Waals surface area contributed by atoms with Crippen molar-refractivity contribution in [3.05, 3.63) is 259 Å². The summed E-state index contributed by atoms with van der Waals surface area (Å²) in [7, 11) is 0. The fraction of sp³-hybridized carbons (Fsp3) is 0.0175. The van der Waals surface area contributed by atoms with Crippen LogP contribution in [-0.2, 0) is 5.41 Å². The van der Waals surface area contributed by atoms with Crippen molar-refractivity contribution in [1.29, 1.82) is 0 Å². The van der Waals surface area contributed by atoms with E-state index in [9.17, 15) is 0 Å². The van der Waals surface area contributed by atoms with Gasteiger partial charge in [0, 0.05) is 16.6 Å². The molecule has 272 valence electrons. The fourth-order valence-electron chi connectivity index (χ4n) is 9.70. The monoisotopic (exact) mass is 737 g/mol. The Bertz CT molecular complexity index is 3060. The van der Waals surface area contributed by atoms with Crippen LogP contribution in [0.25, 0.3) is 54.9 Å². The average Bonchev–Trinajstić information content (AvgIpc) is 3.60. The van der Waals surface area contributed by atoms with Gasteiger partial charge in [0.2, 0.25) is 0 Å². The molecule has 0 spiro atoms. The van der Waals surface area contributed by atoms with Gasteiger partial charge in [-0.25, -0.2) is 0 Å². The van der Waals surface area contributed by atoms with Crippen molar-refractivity contribution in [2.75, 3.05) is 4.90 Å². The highest BCUT2D eigenvalue weighted by Gasteiger charge is 2.46. The summed E-state index contributed by atoms with van der Waals surface area (Å²) in [5.74, 6) is 0. The van der Waals surface area contributed by atoms with Crippen LogP contribution in [0.5, 0.6) is 0 Å². The molecule has 0 N–H and O–H groups in total. The van der Waals surface area contributed by atoms with Crippen molar-refractivity contribution < 1.29 is 0 Å². The number of nitrogens with zero attached hydrogens (tertiary/aromatic N) is 1. The summed E-state index contributed by atoms with van der Waals surface area (Å²) >= 11 is 0. The number of benzene rings is 10. The fourth-order valence-corrected chi connectivity index (χ4v) is 9.70. The van der Waals surface area contributed by atoms with Crippen LogP contribution in [0.3, 0.4) is 0 Å². The number of fused-ring (bicyclic) bond motifs is 5. The Kier molecular flexibility index (Phi) is 8.12. The first kappa shape index (κ1) is 33.8. The highest BCUT2D eigenvalue weighted by molar-refractivity contribution is 6.10. The van der Waals surface area contributed by atoms with Gasteiger partial charge < -0.3 is 4.90 Å². The van der Waals surface area contributed by atoms with Gasteiger partial charge in [0.15, 0.2) is 0 Å². The van der Waals surface area contributed by atoms with Crippen molar-refractivity contribution in [3.8, 4) is 33.4 Å². The third-order valence-electron chi connectivity index (χ3n) is 12.1. The maximum atomic E-state index is 2.51. The molecule has 1 nitrogen and oxygen atoms in total. The van der Waals surface area contributed by atoms with Crippen LogP contribution < -0.4 is 4.90 Å². The highest BCUT2D eigenvalue weighted by atomic mass is 15.1. The van der Waals surface area contributed by atoms with E-state index in [1.165, 1.54) is 77.2 Å². The Balaban J connectivity index is 1.22. The minimum absolute atomic E-state index is 0.519. The van der Waals surface area contributed by atoms with E-state index in [1.807, 2.05) is 0 Å². The molecule has 58 heavy (non-hydrogen) atoms. The summed E-state index contributed by atoms with van der Waals surface area (Å²) in [4.78, 5) is 2.51. The summed E-state index contributed by atoms with van der Waals surface area (Å²) in [6.07, 6.45) is 0. The second-order valence-corrected chi connectivity index (χ2v) is 15.2. The molecule has 0 heterocycles. The lowest BCUT2D eigenvalue weighted by atomic mass is 9.67. The molecule has 0 radical (unpaired) electrons. The lowest BCUT2D eigenvalue weighted by Crippen LogP contribution is -2.28. The van der Waals surface area contributed by atoms with E-state index in [0.717, 1.165) is 17.1 Å². The predicted molar refractivity (Wildman–Crippen MR) is 244 cm³/mol. The zero-order valence-electron chi connectivity index (χ0n) is 32.0. The van der Waals surface area contributed by atoms with E-state index < -0.39 is 5.41 Å². The van der Waals surface area contributed by atoms with Crippen LogP contribution in [0.15, 0.2) is 237 Å². The molecule has 0 saturated carbocycles. The second-order valence-electron chi connectivity index (χ2n) is 15.2. The smallest absolute Gasteiger partial charge is 0.0714 e. The first-order chi connectivity index (χ1) is 28.8. The molecule has 0 unspecified atom stereocenters. The molecule has 0 aromatic heterocycles. The molecular weight excluding hydrogens is 699 g/mol. The van der Waals surface area contributed by atoms with Crippen molar-refractivity contribution in [2.45, 2.75) is 5.41 Å². The van der Waals surface area contributed by atoms with Crippen molar-refractivity contribution >= 4 is 38.6 Å². The SMILES string of the molecule is c1ccc(-c2cccc3cccc(-c4ccccc4N(c4ccc5c(c4)C(c4ccccc4)(c4ccccc4)c4ccccc4-5)c4cccc5ccccc45)c23)cc1. The number of rotatable bonds is 7. The minimum Gasteiger partial charge on any atom is -0.309 e. The molecular formula is C57H39N. The third-order valence-corrected chi connectivity index (χ3v) is 12.1. The van der Waals surface area contributed by atoms with Gasteiger partial charge in [-0.3, -0.25) is 0 Å². The number of anilines is 3. The molecule has 1 aliphatic rings. The van der Waals surface area contributed by atoms with Crippen molar-refractivity contribution in [3.63, 3.8) is 0 Å². The van der Waals surface area contributed by atoms with Gasteiger partial charge in [0.05, 0.1) is 16.8 Å². The molecule has 1 heteroatoms. The summed E-state index contributed by atoms with van der Waals surface area (Å²) in [6, 6.07) is 86.9. The van der Waals surface area contributed by atoms with Gasteiger partial charge in [-0.2, -0.15) is 0 Å². The molecule has 11 rings (SSSR count). The lowest BCUT2D eigenvalue weighted by molar-refractivity contribution is 0.768. The largest absolute Gasteiger partial charge is 0.309 e. The molecule has 0 amide bonds. The van der Waals surface area contributed by atoms with Crippen LogP contribution in [0, 0.1) is 0 Å². The van der Waals surface area contributed by atoms with E-state index in [1.54, 1.807) is 0 Å². The van der Waals surface area contributed by atoms with Crippen LogP contribution in [0.1, 0.15) is 22.3 Å². The molecule has 10 aromatic rings. The van der Waals surface area contributed by atoms with E-state index in [0.29, 0.717) is 0 Å². The molecule has 10 aromatic carbocycles. The zero-order chi connectivity index (χ0) is 38.5. The van der Waals surface area contributed by atoms with Gasteiger partial charge in [-0.05, 0) is 90.5 Å². The minimum atomic E-state index is -0.519. The third kappa shape index (κ3) is 5.25. The van der Waals surface area contributed by atoms with Gasteiger partial charge in [0.1, 0.15) is 0 Å². The number of hydrogen-bond donors (Lipinski definition) is 0. The highest BCUT2D eigenvalue weighted by Crippen LogP contribution is 2.57. The molecule has 0 fully saturated rings. The van der Waals surface area contributed by atoms with Gasteiger partial charge >= 0.3 is 0 Å².